The quantitative estimate of drug-likeness (QED) is 0.712. The van der Waals surface area contributed by atoms with Crippen LogP contribution in [0.5, 0.6) is 0 Å². The molecule has 12 heteroatoms. The third-order valence-corrected chi connectivity index (χ3v) is 5.81. The van der Waals surface area contributed by atoms with Crippen molar-refractivity contribution in [2.24, 2.45) is 5.92 Å². The summed E-state index contributed by atoms with van der Waals surface area (Å²) < 4.78 is 87.8. The number of amides is 2. The molecule has 4 rings (SSSR count). The van der Waals surface area contributed by atoms with Crippen LogP contribution in [0.25, 0.3) is 0 Å². The average molecular weight is 452 g/mol. The zero-order chi connectivity index (χ0) is 22.6. The first-order valence-corrected chi connectivity index (χ1v) is 9.49. The third-order valence-electron chi connectivity index (χ3n) is 5.81. The summed E-state index contributed by atoms with van der Waals surface area (Å²) in [6.07, 6.45) is -10.2. The largest absolute Gasteiger partial charge is 0.447 e. The lowest BCUT2D eigenvalue weighted by Gasteiger charge is -2.47. The van der Waals surface area contributed by atoms with Gasteiger partial charge in [0.05, 0.1) is 29.4 Å². The van der Waals surface area contributed by atoms with E-state index in [2.05, 4.69) is 5.32 Å². The summed E-state index contributed by atoms with van der Waals surface area (Å²) in [5.41, 5.74) is -4.01. The number of ether oxygens (including phenoxy) is 2. The van der Waals surface area contributed by atoms with Gasteiger partial charge in [-0.05, 0) is 30.5 Å². The van der Waals surface area contributed by atoms with E-state index in [0.717, 1.165) is 6.07 Å². The number of alkyl halides is 6. The SMILES string of the molecule is O=C1N[C@]2(CO1)C[C@H](C(=O)N1CC(OCc3ccc(C(F)(F)F)c(C(F)(F)F)c3)C1)C2. The number of hydrogen-bond donors (Lipinski definition) is 1. The Morgan fingerprint density at radius 1 is 1.13 bits per heavy atom. The van der Waals surface area contributed by atoms with Crippen LogP contribution in [-0.4, -0.2) is 48.2 Å². The van der Waals surface area contributed by atoms with Crippen LogP contribution >= 0.6 is 0 Å². The summed E-state index contributed by atoms with van der Waals surface area (Å²) in [6, 6.07) is 1.79. The van der Waals surface area contributed by atoms with Crippen molar-refractivity contribution in [3.8, 4) is 0 Å². The zero-order valence-corrected chi connectivity index (χ0v) is 16.0. The van der Waals surface area contributed by atoms with Gasteiger partial charge in [-0.15, -0.1) is 0 Å². The summed E-state index contributed by atoms with van der Waals surface area (Å²) in [5, 5.41) is 2.70. The molecule has 31 heavy (non-hydrogen) atoms. The van der Waals surface area contributed by atoms with Gasteiger partial charge in [-0.3, -0.25) is 4.79 Å². The van der Waals surface area contributed by atoms with Crippen molar-refractivity contribution >= 4 is 12.0 Å². The number of hydrogen-bond acceptors (Lipinski definition) is 4. The summed E-state index contributed by atoms with van der Waals surface area (Å²) >= 11 is 0. The molecule has 3 aliphatic rings. The number of rotatable bonds is 4. The monoisotopic (exact) mass is 452 g/mol. The zero-order valence-electron chi connectivity index (χ0n) is 16.0. The van der Waals surface area contributed by atoms with Gasteiger partial charge in [0.1, 0.15) is 6.61 Å². The minimum absolute atomic E-state index is 0.0389. The minimum atomic E-state index is -5.15. The predicted octanol–water partition coefficient (Wildman–Crippen LogP) is 3.34. The molecule has 2 aliphatic heterocycles. The molecule has 1 aromatic carbocycles. The number of benzene rings is 1. The van der Waals surface area contributed by atoms with Crippen LogP contribution < -0.4 is 5.32 Å². The van der Waals surface area contributed by atoms with Crippen LogP contribution in [0, 0.1) is 5.92 Å². The second kappa shape index (κ2) is 7.28. The van der Waals surface area contributed by atoms with Gasteiger partial charge in [0.25, 0.3) is 0 Å². The molecule has 0 aromatic heterocycles. The Labute approximate surface area is 172 Å². The number of carbonyl (C=O) groups is 2. The van der Waals surface area contributed by atoms with E-state index in [1.54, 1.807) is 4.90 Å². The lowest BCUT2D eigenvalue weighted by atomic mass is 9.68. The van der Waals surface area contributed by atoms with Gasteiger partial charge in [-0.2, -0.15) is 26.3 Å². The molecular weight excluding hydrogens is 434 g/mol. The van der Waals surface area contributed by atoms with Crippen LogP contribution in [-0.2, 0) is 33.2 Å². The minimum Gasteiger partial charge on any atom is -0.447 e. The molecule has 1 saturated carbocycles. The summed E-state index contributed by atoms with van der Waals surface area (Å²) in [7, 11) is 0. The van der Waals surface area contributed by atoms with Gasteiger partial charge in [-0.1, -0.05) is 6.07 Å². The van der Waals surface area contributed by atoms with Crippen molar-refractivity contribution in [2.75, 3.05) is 19.7 Å². The van der Waals surface area contributed by atoms with E-state index in [0.29, 0.717) is 25.0 Å². The molecule has 2 saturated heterocycles. The van der Waals surface area contributed by atoms with Crippen LogP contribution in [0.4, 0.5) is 31.1 Å². The lowest BCUT2D eigenvalue weighted by molar-refractivity contribution is -0.162. The Balaban J connectivity index is 1.27. The van der Waals surface area contributed by atoms with E-state index in [-0.39, 0.29) is 43.7 Å². The van der Waals surface area contributed by atoms with E-state index in [4.69, 9.17) is 9.47 Å². The fourth-order valence-corrected chi connectivity index (χ4v) is 4.13. The summed E-state index contributed by atoms with van der Waals surface area (Å²) in [6.45, 7) is 0.425. The van der Waals surface area contributed by atoms with Crippen molar-refractivity contribution in [2.45, 2.75) is 43.4 Å². The topological polar surface area (TPSA) is 67.9 Å². The molecule has 6 nitrogen and oxygen atoms in total. The molecular formula is C19H18F6N2O4. The number of nitrogens with one attached hydrogen (secondary N) is 1. The third kappa shape index (κ3) is 4.30. The Kier molecular flexibility index (Phi) is 5.10. The van der Waals surface area contributed by atoms with Gasteiger partial charge >= 0.3 is 18.4 Å². The van der Waals surface area contributed by atoms with Crippen LogP contribution in [0.3, 0.4) is 0 Å². The lowest BCUT2D eigenvalue weighted by Crippen LogP contribution is -2.62. The molecule has 2 amide bonds. The standard InChI is InChI=1S/C19H18F6N2O4/c20-18(21,22)13-2-1-10(3-14(13)19(23,24)25)8-30-12-6-27(7-12)15(28)11-4-17(5-11)9-31-16(29)26-17/h1-3,11-12H,4-9H2,(H,26,29)/t11-,17+. The molecule has 0 bridgehead atoms. The highest BCUT2D eigenvalue weighted by molar-refractivity contribution is 5.82. The predicted molar refractivity (Wildman–Crippen MR) is 91.5 cm³/mol. The van der Waals surface area contributed by atoms with Crippen LogP contribution in [0.2, 0.25) is 0 Å². The van der Waals surface area contributed by atoms with E-state index < -0.39 is 41.2 Å². The number of carbonyl (C=O) groups excluding carboxylic acids is 2. The molecule has 1 N–H and O–H groups in total. The second-order valence-corrected chi connectivity index (χ2v) is 8.14. The van der Waals surface area contributed by atoms with Crippen molar-refractivity contribution in [3.63, 3.8) is 0 Å². The molecule has 170 valence electrons. The summed E-state index contributed by atoms with van der Waals surface area (Å²) in [4.78, 5) is 25.1. The maximum absolute atomic E-state index is 13.0. The second-order valence-electron chi connectivity index (χ2n) is 8.14. The smallest absolute Gasteiger partial charge is 0.417 e. The molecule has 1 aliphatic carbocycles. The Morgan fingerprint density at radius 2 is 1.77 bits per heavy atom. The van der Waals surface area contributed by atoms with E-state index in [9.17, 15) is 35.9 Å². The maximum atomic E-state index is 13.0. The normalized spacial score (nSPS) is 26.3. The number of likely N-dealkylation sites (tertiary alicyclic amines) is 1. The molecule has 0 unspecified atom stereocenters. The van der Waals surface area contributed by atoms with Gasteiger partial charge in [0.2, 0.25) is 5.91 Å². The van der Waals surface area contributed by atoms with E-state index in [1.165, 1.54) is 0 Å². The first-order chi connectivity index (χ1) is 14.4. The van der Waals surface area contributed by atoms with Crippen LogP contribution in [0.15, 0.2) is 18.2 Å². The molecule has 1 aromatic rings. The van der Waals surface area contributed by atoms with Gasteiger partial charge in [0, 0.05) is 19.0 Å². The first-order valence-electron chi connectivity index (χ1n) is 9.49. The number of halogens is 6. The Bertz CT molecular complexity index is 888. The van der Waals surface area contributed by atoms with Crippen molar-refractivity contribution in [1.82, 2.24) is 10.2 Å². The number of cyclic esters (lactones) is 1. The van der Waals surface area contributed by atoms with Gasteiger partial charge in [-0.25, -0.2) is 4.79 Å². The van der Waals surface area contributed by atoms with Gasteiger partial charge in [0.15, 0.2) is 0 Å². The number of nitrogens with zero attached hydrogens (tertiary/aromatic N) is 1. The van der Waals surface area contributed by atoms with Crippen molar-refractivity contribution in [3.05, 3.63) is 34.9 Å². The van der Waals surface area contributed by atoms with Crippen molar-refractivity contribution in [1.29, 1.82) is 0 Å². The van der Waals surface area contributed by atoms with Gasteiger partial charge < -0.3 is 19.7 Å². The fraction of sp³-hybridized carbons (Fsp3) is 0.579. The summed E-state index contributed by atoms with van der Waals surface area (Å²) in [5.74, 6) is -0.340. The molecule has 1 spiro atoms. The highest BCUT2D eigenvalue weighted by Gasteiger charge is 2.54. The maximum Gasteiger partial charge on any atom is 0.417 e. The molecule has 0 atom stereocenters. The highest BCUT2D eigenvalue weighted by atomic mass is 19.4. The molecule has 0 radical (unpaired) electrons. The Hall–Kier alpha value is -2.50. The fourth-order valence-electron chi connectivity index (χ4n) is 4.13. The Morgan fingerprint density at radius 3 is 2.32 bits per heavy atom. The van der Waals surface area contributed by atoms with Crippen LogP contribution in [0.1, 0.15) is 29.5 Å². The highest BCUT2D eigenvalue weighted by Crippen LogP contribution is 2.42. The first kappa shape index (κ1) is 21.7. The average Bonchev–Trinajstić information content (AvgIpc) is 2.99. The van der Waals surface area contributed by atoms with E-state index >= 15 is 0 Å². The van der Waals surface area contributed by atoms with Crippen molar-refractivity contribution < 1.29 is 45.4 Å². The number of alkyl carbamates (subject to hydrolysis) is 1. The van der Waals surface area contributed by atoms with E-state index in [1.807, 2.05) is 0 Å². The molecule has 2 heterocycles. The molecule has 3 fully saturated rings.